The van der Waals surface area contributed by atoms with Crippen molar-refractivity contribution in [3.8, 4) is 0 Å². The zero-order chi connectivity index (χ0) is 13.9. The summed E-state index contributed by atoms with van der Waals surface area (Å²) in [5, 5.41) is 0.255. The third-order valence-corrected chi connectivity index (χ3v) is 5.38. The van der Waals surface area contributed by atoms with Crippen molar-refractivity contribution in [1.82, 2.24) is 0 Å². The molecule has 2 N–H and O–H groups in total. The maximum absolute atomic E-state index is 11.6. The topological polar surface area (TPSA) is 57.5 Å². The highest BCUT2D eigenvalue weighted by atomic mass is 31.2. The lowest BCUT2D eigenvalue weighted by atomic mass is 9.85. The maximum atomic E-state index is 11.6. The van der Waals surface area contributed by atoms with E-state index in [0.717, 1.165) is 24.3 Å². The zero-order valence-corrected chi connectivity index (χ0v) is 12.4. The molecular weight excluding hydrogens is 259 g/mol. The van der Waals surface area contributed by atoms with Crippen molar-refractivity contribution in [3.05, 3.63) is 29.3 Å². The summed E-state index contributed by atoms with van der Waals surface area (Å²) < 4.78 is 11.6. The summed E-state index contributed by atoms with van der Waals surface area (Å²) in [5.41, 5.74) is 1.54. The molecule has 1 saturated carbocycles. The van der Waals surface area contributed by atoms with Gasteiger partial charge in [0.05, 0.1) is 5.30 Å². The highest BCUT2D eigenvalue weighted by molar-refractivity contribution is 7.60. The van der Waals surface area contributed by atoms with Gasteiger partial charge in [-0.05, 0) is 36.8 Å². The average molecular weight is 282 g/mol. The summed E-state index contributed by atoms with van der Waals surface area (Å²) in [7, 11) is -4.16. The molecule has 0 heterocycles. The van der Waals surface area contributed by atoms with Gasteiger partial charge in [-0.15, -0.1) is 0 Å². The SMILES string of the molecule is Cc1cccc(CCC2CCCCC2)c1P(=O)(O)O. The normalized spacial score (nSPS) is 17.6. The van der Waals surface area contributed by atoms with E-state index in [-0.39, 0.29) is 5.30 Å². The molecule has 1 aliphatic carbocycles. The molecule has 0 atom stereocenters. The summed E-state index contributed by atoms with van der Waals surface area (Å²) >= 11 is 0. The molecule has 0 unspecified atom stereocenters. The van der Waals surface area contributed by atoms with E-state index in [1.165, 1.54) is 32.1 Å². The molecule has 1 fully saturated rings. The fraction of sp³-hybridized carbons (Fsp3) is 0.600. The summed E-state index contributed by atoms with van der Waals surface area (Å²) in [5.74, 6) is 0.735. The number of hydrogen-bond acceptors (Lipinski definition) is 1. The lowest BCUT2D eigenvalue weighted by Crippen LogP contribution is -2.16. The molecule has 19 heavy (non-hydrogen) atoms. The third kappa shape index (κ3) is 3.92. The smallest absolute Gasteiger partial charge is 0.321 e. The van der Waals surface area contributed by atoms with Gasteiger partial charge in [0.25, 0.3) is 0 Å². The fourth-order valence-corrected chi connectivity index (χ4v) is 4.27. The molecule has 3 nitrogen and oxygen atoms in total. The van der Waals surface area contributed by atoms with Crippen molar-refractivity contribution in [2.45, 2.75) is 51.9 Å². The third-order valence-electron chi connectivity index (χ3n) is 4.16. The first kappa shape index (κ1) is 14.8. The second-order valence-electron chi connectivity index (χ2n) is 5.67. The van der Waals surface area contributed by atoms with Crippen LogP contribution in [0.4, 0.5) is 0 Å². The predicted octanol–water partition coefficient (Wildman–Crippen LogP) is 3.31. The van der Waals surface area contributed by atoms with Gasteiger partial charge in [-0.25, -0.2) is 0 Å². The molecule has 0 aliphatic heterocycles. The minimum Gasteiger partial charge on any atom is -0.321 e. The van der Waals surface area contributed by atoms with Gasteiger partial charge in [0.15, 0.2) is 0 Å². The Morgan fingerprint density at radius 2 is 1.89 bits per heavy atom. The van der Waals surface area contributed by atoms with Crippen molar-refractivity contribution in [1.29, 1.82) is 0 Å². The molecule has 1 aliphatic rings. The Kier molecular flexibility index (Phi) is 4.83. The van der Waals surface area contributed by atoms with Gasteiger partial charge in [0.1, 0.15) is 0 Å². The van der Waals surface area contributed by atoms with Crippen LogP contribution in [0.15, 0.2) is 18.2 Å². The summed E-state index contributed by atoms with van der Waals surface area (Å²) in [6.45, 7) is 1.78. The largest absolute Gasteiger partial charge is 0.356 e. The molecule has 0 radical (unpaired) electrons. The first-order valence-corrected chi connectivity index (χ1v) is 8.74. The summed E-state index contributed by atoms with van der Waals surface area (Å²) in [6.07, 6.45) is 8.35. The molecule has 106 valence electrons. The first-order chi connectivity index (χ1) is 8.98. The minimum absolute atomic E-state index is 0.255. The zero-order valence-electron chi connectivity index (χ0n) is 11.5. The van der Waals surface area contributed by atoms with Gasteiger partial charge in [-0.1, -0.05) is 50.3 Å². The Labute approximate surface area is 115 Å². The number of aryl methyl sites for hydroxylation is 2. The van der Waals surface area contributed by atoms with E-state index in [2.05, 4.69) is 0 Å². The Morgan fingerprint density at radius 1 is 1.21 bits per heavy atom. The first-order valence-electron chi connectivity index (χ1n) is 7.13. The van der Waals surface area contributed by atoms with Gasteiger partial charge in [0.2, 0.25) is 0 Å². The van der Waals surface area contributed by atoms with Crippen molar-refractivity contribution in [3.63, 3.8) is 0 Å². The average Bonchev–Trinajstić information content (AvgIpc) is 2.36. The van der Waals surface area contributed by atoms with Crippen molar-refractivity contribution in [2.75, 3.05) is 0 Å². The van der Waals surface area contributed by atoms with Crippen molar-refractivity contribution >= 4 is 12.9 Å². The van der Waals surface area contributed by atoms with E-state index in [0.29, 0.717) is 5.56 Å². The quantitative estimate of drug-likeness (QED) is 0.833. The highest BCUT2D eigenvalue weighted by Crippen LogP contribution is 2.37. The maximum Gasteiger partial charge on any atom is 0.356 e. The van der Waals surface area contributed by atoms with Crippen molar-refractivity contribution in [2.24, 2.45) is 5.92 Å². The number of hydrogen-bond donors (Lipinski definition) is 2. The predicted molar refractivity (Wildman–Crippen MR) is 77.8 cm³/mol. The highest BCUT2D eigenvalue weighted by Gasteiger charge is 2.24. The van der Waals surface area contributed by atoms with Crippen LogP contribution in [0.2, 0.25) is 0 Å². The molecule has 2 rings (SSSR count). The van der Waals surface area contributed by atoms with Crippen molar-refractivity contribution < 1.29 is 14.4 Å². The van der Waals surface area contributed by atoms with E-state index < -0.39 is 7.60 Å². The molecular formula is C15H23O3P. The van der Waals surface area contributed by atoms with Crippen LogP contribution < -0.4 is 5.30 Å². The van der Waals surface area contributed by atoms with Crippen LogP contribution in [-0.4, -0.2) is 9.79 Å². The van der Waals surface area contributed by atoms with Gasteiger partial charge in [-0.3, -0.25) is 4.57 Å². The molecule has 0 bridgehead atoms. The van der Waals surface area contributed by atoms with Crippen LogP contribution in [0.3, 0.4) is 0 Å². The molecule has 0 saturated heterocycles. The van der Waals surface area contributed by atoms with Crippen LogP contribution in [-0.2, 0) is 11.0 Å². The molecule has 1 aromatic carbocycles. The van der Waals surface area contributed by atoms with E-state index in [1.54, 1.807) is 13.0 Å². The minimum atomic E-state index is -4.16. The Morgan fingerprint density at radius 3 is 2.53 bits per heavy atom. The van der Waals surface area contributed by atoms with Crippen LogP contribution >= 0.6 is 7.60 Å². The monoisotopic (exact) mass is 282 g/mol. The van der Waals surface area contributed by atoms with Gasteiger partial charge in [0, 0.05) is 0 Å². The van der Waals surface area contributed by atoms with Gasteiger partial charge >= 0.3 is 7.60 Å². The van der Waals surface area contributed by atoms with E-state index >= 15 is 0 Å². The lowest BCUT2D eigenvalue weighted by molar-refractivity contribution is 0.339. The van der Waals surface area contributed by atoms with E-state index in [9.17, 15) is 14.4 Å². The number of benzene rings is 1. The summed E-state index contributed by atoms with van der Waals surface area (Å²) in [6, 6.07) is 5.54. The second kappa shape index (κ2) is 6.21. The van der Waals surface area contributed by atoms with Gasteiger partial charge < -0.3 is 9.79 Å². The van der Waals surface area contributed by atoms with E-state index in [4.69, 9.17) is 0 Å². The fourth-order valence-electron chi connectivity index (χ4n) is 3.17. The van der Waals surface area contributed by atoms with Crippen LogP contribution in [0.25, 0.3) is 0 Å². The summed E-state index contributed by atoms with van der Waals surface area (Å²) in [4.78, 5) is 19.0. The molecule has 0 amide bonds. The Hall–Kier alpha value is -0.630. The van der Waals surface area contributed by atoms with Crippen LogP contribution in [0.1, 0.15) is 49.7 Å². The van der Waals surface area contributed by atoms with Crippen LogP contribution in [0, 0.1) is 12.8 Å². The Balaban J connectivity index is 2.11. The van der Waals surface area contributed by atoms with E-state index in [1.807, 2.05) is 12.1 Å². The molecule has 0 spiro atoms. The number of rotatable bonds is 4. The standard InChI is InChI=1S/C15H23O3P/c1-12-6-5-9-14(15(12)19(16,17)18)11-10-13-7-3-2-4-8-13/h5-6,9,13H,2-4,7-8,10-11H2,1H3,(H2,16,17,18). The second-order valence-corrected chi connectivity index (χ2v) is 7.20. The molecule has 0 aromatic heterocycles. The van der Waals surface area contributed by atoms with Crippen LogP contribution in [0.5, 0.6) is 0 Å². The van der Waals surface area contributed by atoms with Gasteiger partial charge in [-0.2, -0.15) is 0 Å². The molecule has 4 heteroatoms. The lowest BCUT2D eigenvalue weighted by Gasteiger charge is -2.22. The Bertz CT molecular complexity index is 472. The molecule has 1 aromatic rings.